The van der Waals surface area contributed by atoms with Crippen LogP contribution in [-0.4, -0.2) is 44.1 Å². The summed E-state index contributed by atoms with van der Waals surface area (Å²) < 4.78 is 63.0. The Kier molecular flexibility index (Phi) is 7.46. The van der Waals surface area contributed by atoms with Gasteiger partial charge in [-0.3, -0.25) is 0 Å². The molecule has 196 valence electrons. The molecule has 0 aliphatic heterocycles. The van der Waals surface area contributed by atoms with E-state index in [0.29, 0.717) is 17.0 Å². The highest BCUT2D eigenvalue weighted by atomic mass is 32.2. The van der Waals surface area contributed by atoms with Crippen molar-refractivity contribution in [1.29, 1.82) is 0 Å². The number of thiazole rings is 1. The smallest absolute Gasteiger partial charge is 0.241 e. The molecule has 1 unspecified atom stereocenters. The molecule has 0 aliphatic carbocycles. The number of nitrogens with one attached hydrogen (secondary N) is 1. The molecule has 5 rings (SSSR count). The molecule has 0 radical (unpaired) electrons. The lowest BCUT2D eigenvalue weighted by molar-refractivity contribution is 0.398. The van der Waals surface area contributed by atoms with Crippen molar-refractivity contribution in [3.8, 4) is 17.0 Å². The van der Waals surface area contributed by atoms with E-state index in [-0.39, 0.29) is 29.1 Å². The Hall–Kier alpha value is -3.72. The number of benzene rings is 2. The zero-order valence-corrected chi connectivity index (χ0v) is 22.4. The number of sulfone groups is 1. The molecule has 1 N–H and O–H groups in total. The van der Waals surface area contributed by atoms with Crippen LogP contribution in [0.2, 0.25) is 0 Å². The molecule has 0 spiro atoms. The van der Waals surface area contributed by atoms with Crippen LogP contribution in [0.5, 0.6) is 5.88 Å². The van der Waals surface area contributed by atoms with Gasteiger partial charge in [-0.15, -0.1) is 21.5 Å². The zero-order chi connectivity index (χ0) is 26.7. The lowest BCUT2D eigenvalue weighted by Gasteiger charge is -2.12. The van der Waals surface area contributed by atoms with Crippen molar-refractivity contribution in [2.45, 2.75) is 17.5 Å². The molecule has 0 fully saturated rings. The topological polar surface area (TPSA) is 154 Å². The van der Waals surface area contributed by atoms with E-state index < -0.39 is 26.0 Å². The Balaban J connectivity index is 1.56. The monoisotopic (exact) mass is 571 g/mol. The van der Waals surface area contributed by atoms with Crippen LogP contribution in [0.25, 0.3) is 21.3 Å². The first-order chi connectivity index (χ1) is 18.3. The number of fused-ring (bicyclic) bond motifs is 1. The van der Waals surface area contributed by atoms with Gasteiger partial charge in [0.1, 0.15) is 5.01 Å². The maximum absolute atomic E-state index is 13.7. The number of nitrogens with zero attached hydrogens (tertiary/aromatic N) is 4. The molecule has 38 heavy (non-hydrogen) atoms. The minimum atomic E-state index is -3.93. The SMILES string of the molecule is COc1cc(-c2ccc3nc(C(c4nnc(CN[SH](=O)=O)o4)S(=O)(=O)Cc4ccccc4)sc3c2)ccn1. The summed E-state index contributed by atoms with van der Waals surface area (Å²) in [7, 11) is -5.28. The van der Waals surface area contributed by atoms with Crippen molar-refractivity contribution < 1.29 is 26.0 Å². The predicted molar refractivity (Wildman–Crippen MR) is 142 cm³/mol. The largest absolute Gasteiger partial charge is 0.481 e. The number of pyridine rings is 1. The summed E-state index contributed by atoms with van der Waals surface area (Å²) in [5, 5.41) is 6.70. The zero-order valence-electron chi connectivity index (χ0n) is 19.8. The number of ether oxygens (including phenoxy) is 1. The van der Waals surface area contributed by atoms with Crippen molar-refractivity contribution in [1.82, 2.24) is 24.9 Å². The molecule has 1 atom stereocenters. The van der Waals surface area contributed by atoms with Crippen LogP contribution in [0, 0.1) is 0 Å². The first-order valence-corrected chi connectivity index (χ1v) is 14.9. The van der Waals surface area contributed by atoms with Gasteiger partial charge in [-0.25, -0.2) is 31.5 Å². The summed E-state index contributed by atoms with van der Waals surface area (Å²) in [4.78, 5) is 8.74. The van der Waals surface area contributed by atoms with Crippen LogP contribution in [0.15, 0.2) is 71.3 Å². The number of aromatic nitrogens is 4. The van der Waals surface area contributed by atoms with Gasteiger partial charge in [0.05, 0.1) is 29.6 Å². The van der Waals surface area contributed by atoms with Crippen molar-refractivity contribution in [3.05, 3.63) is 89.2 Å². The fourth-order valence-corrected chi connectivity index (χ4v) is 7.23. The van der Waals surface area contributed by atoms with Crippen molar-refractivity contribution in [3.63, 3.8) is 0 Å². The van der Waals surface area contributed by atoms with Gasteiger partial charge in [-0.2, -0.15) is 0 Å². The van der Waals surface area contributed by atoms with E-state index in [4.69, 9.17) is 9.15 Å². The second-order valence-corrected chi connectivity index (χ2v) is 12.1. The highest BCUT2D eigenvalue weighted by Crippen LogP contribution is 2.38. The van der Waals surface area contributed by atoms with E-state index in [1.165, 1.54) is 11.3 Å². The van der Waals surface area contributed by atoms with Gasteiger partial charge in [-0.1, -0.05) is 36.4 Å². The maximum Gasteiger partial charge on any atom is 0.241 e. The van der Waals surface area contributed by atoms with Gasteiger partial charge in [-0.05, 0) is 34.9 Å². The quantitative estimate of drug-likeness (QED) is 0.239. The molecular formula is C24H21N5O6S3. The Morgan fingerprint density at radius 1 is 1.05 bits per heavy atom. The summed E-state index contributed by atoms with van der Waals surface area (Å²) in [6.45, 7) is -0.254. The van der Waals surface area contributed by atoms with Gasteiger partial charge in [0.25, 0.3) is 0 Å². The van der Waals surface area contributed by atoms with Crippen LogP contribution in [0.1, 0.15) is 27.6 Å². The van der Waals surface area contributed by atoms with Crippen LogP contribution < -0.4 is 9.46 Å². The molecule has 0 saturated carbocycles. The molecule has 3 aromatic heterocycles. The molecule has 14 heteroatoms. The second kappa shape index (κ2) is 10.9. The average molecular weight is 572 g/mol. The number of rotatable bonds is 10. The maximum atomic E-state index is 13.7. The van der Waals surface area contributed by atoms with E-state index in [0.717, 1.165) is 15.8 Å². The molecule has 0 saturated heterocycles. The van der Waals surface area contributed by atoms with Crippen molar-refractivity contribution in [2.75, 3.05) is 7.11 Å². The van der Waals surface area contributed by atoms with E-state index in [1.54, 1.807) is 49.7 Å². The molecule has 3 heterocycles. The number of methoxy groups -OCH3 is 1. The Morgan fingerprint density at radius 3 is 2.61 bits per heavy atom. The van der Waals surface area contributed by atoms with Gasteiger partial charge in [0, 0.05) is 12.3 Å². The summed E-state index contributed by atoms with van der Waals surface area (Å²) in [6, 6.07) is 18.0. The fraction of sp³-hybridized carbons (Fsp3) is 0.167. The fourth-order valence-electron chi connectivity index (χ4n) is 3.81. The van der Waals surface area contributed by atoms with Crippen LogP contribution >= 0.6 is 11.3 Å². The number of hydrogen-bond acceptors (Lipinski definition) is 11. The summed E-state index contributed by atoms with van der Waals surface area (Å²) in [5.41, 5.74) is 2.97. The van der Waals surface area contributed by atoms with Crippen LogP contribution in [0.3, 0.4) is 0 Å². The van der Waals surface area contributed by atoms with Gasteiger partial charge < -0.3 is 9.15 Å². The van der Waals surface area contributed by atoms with E-state index in [9.17, 15) is 16.8 Å². The van der Waals surface area contributed by atoms with E-state index in [1.807, 2.05) is 24.3 Å². The Bertz CT molecular complexity index is 1760. The molecule has 11 nitrogen and oxygen atoms in total. The highest BCUT2D eigenvalue weighted by molar-refractivity contribution is 7.91. The predicted octanol–water partition coefficient (Wildman–Crippen LogP) is 3.07. The summed E-state index contributed by atoms with van der Waals surface area (Å²) in [5.74, 6) is -0.0483. The van der Waals surface area contributed by atoms with Gasteiger partial charge in [0.2, 0.25) is 28.6 Å². The van der Waals surface area contributed by atoms with Gasteiger partial charge in [0.15, 0.2) is 15.1 Å². The minimum absolute atomic E-state index is 0.0610. The lowest BCUT2D eigenvalue weighted by atomic mass is 10.1. The second-order valence-electron chi connectivity index (χ2n) is 8.12. The molecular weight excluding hydrogens is 550 g/mol. The number of thiol groups is 1. The average Bonchev–Trinajstić information content (AvgIpc) is 3.54. The molecule has 0 bridgehead atoms. The summed E-state index contributed by atoms with van der Waals surface area (Å²) >= 11 is 1.21. The van der Waals surface area contributed by atoms with Crippen molar-refractivity contribution in [2.24, 2.45) is 0 Å². The van der Waals surface area contributed by atoms with Crippen LogP contribution in [-0.2, 0) is 33.0 Å². The molecule has 0 aliphatic rings. The third kappa shape index (κ3) is 5.72. The van der Waals surface area contributed by atoms with Crippen LogP contribution in [0.4, 0.5) is 0 Å². The number of hydrogen-bond donors (Lipinski definition) is 2. The Labute approximate surface area is 223 Å². The Morgan fingerprint density at radius 2 is 1.84 bits per heavy atom. The van der Waals surface area contributed by atoms with E-state index >= 15 is 0 Å². The van der Waals surface area contributed by atoms with Crippen molar-refractivity contribution >= 4 is 42.3 Å². The first kappa shape index (κ1) is 25.9. The highest BCUT2D eigenvalue weighted by Gasteiger charge is 2.37. The van der Waals surface area contributed by atoms with Gasteiger partial charge >= 0.3 is 0 Å². The minimum Gasteiger partial charge on any atom is -0.481 e. The van der Waals surface area contributed by atoms with E-state index in [2.05, 4.69) is 24.9 Å². The molecule has 0 amide bonds. The first-order valence-electron chi connectivity index (χ1n) is 11.2. The molecule has 2 aromatic carbocycles. The lowest BCUT2D eigenvalue weighted by Crippen LogP contribution is -2.17. The third-order valence-corrected chi connectivity index (χ3v) is 9.07. The third-order valence-electron chi connectivity index (χ3n) is 5.54. The normalized spacial score (nSPS) is 12.7. The standard InChI is InChI=1S/C24H21N5O6S3/c1-34-20-12-17(9-10-25-20)16-7-8-18-19(11-16)36-24(27-18)22(23-29-28-21(35-23)13-26-37(30)31)38(32,33)14-15-5-3-2-4-6-15/h2-12,22,37H,13-14H2,1H3,(H,26,30,31). The summed E-state index contributed by atoms with van der Waals surface area (Å²) in [6.07, 6.45) is 1.65. The molecule has 5 aromatic rings.